The van der Waals surface area contributed by atoms with Crippen LogP contribution in [0.15, 0.2) is 54.6 Å². The van der Waals surface area contributed by atoms with E-state index in [4.69, 9.17) is 9.47 Å². The molecule has 2 aromatic rings. The first-order valence-corrected chi connectivity index (χ1v) is 8.63. The van der Waals surface area contributed by atoms with Crippen molar-refractivity contribution in [2.45, 2.75) is 19.4 Å². The Morgan fingerprint density at radius 1 is 1.19 bits per heavy atom. The van der Waals surface area contributed by atoms with Gasteiger partial charge < -0.3 is 14.8 Å². The summed E-state index contributed by atoms with van der Waals surface area (Å²) >= 11 is 0. The highest BCUT2D eigenvalue weighted by Crippen LogP contribution is 2.26. The molecule has 1 heterocycles. The van der Waals surface area contributed by atoms with E-state index in [0.29, 0.717) is 37.3 Å². The highest BCUT2D eigenvalue weighted by atomic mass is 16.5. The largest absolute Gasteiger partial charge is 0.492 e. The molecule has 1 aliphatic heterocycles. The number of alkyl carbamates (subject to hydrolysis) is 1. The van der Waals surface area contributed by atoms with Crippen LogP contribution in [-0.4, -0.2) is 25.0 Å². The zero-order valence-corrected chi connectivity index (χ0v) is 14.4. The molecule has 2 aromatic carbocycles. The van der Waals surface area contributed by atoms with E-state index in [-0.39, 0.29) is 12.4 Å². The fourth-order valence-electron chi connectivity index (χ4n) is 2.63. The van der Waals surface area contributed by atoms with E-state index < -0.39 is 6.09 Å². The van der Waals surface area contributed by atoms with Crippen LogP contribution in [0.2, 0.25) is 0 Å². The maximum absolute atomic E-state index is 11.8. The van der Waals surface area contributed by atoms with Crippen LogP contribution in [-0.2, 0) is 11.3 Å². The number of hydrogen-bond acceptors (Lipinski definition) is 4. The molecule has 0 saturated carbocycles. The Kier molecular flexibility index (Phi) is 6.04. The number of amides is 1. The molecule has 0 fully saturated rings. The topological polar surface area (TPSA) is 64.6 Å². The van der Waals surface area contributed by atoms with Gasteiger partial charge in [-0.1, -0.05) is 48.6 Å². The van der Waals surface area contributed by atoms with E-state index in [9.17, 15) is 9.59 Å². The molecule has 0 bridgehead atoms. The molecule has 1 amide bonds. The number of carbonyl (C=O) groups is 2. The van der Waals surface area contributed by atoms with Crippen LogP contribution >= 0.6 is 0 Å². The van der Waals surface area contributed by atoms with Gasteiger partial charge in [-0.3, -0.25) is 4.79 Å². The lowest BCUT2D eigenvalue weighted by Gasteiger charge is -2.16. The average Bonchev–Trinajstić information content (AvgIpc) is 2.67. The van der Waals surface area contributed by atoms with Gasteiger partial charge in [0.25, 0.3) is 0 Å². The minimum Gasteiger partial charge on any atom is -0.492 e. The third-order valence-corrected chi connectivity index (χ3v) is 4.00. The molecule has 5 heteroatoms. The molecule has 0 aromatic heterocycles. The highest BCUT2D eigenvalue weighted by Gasteiger charge is 2.17. The van der Waals surface area contributed by atoms with Crippen molar-refractivity contribution in [1.82, 2.24) is 5.32 Å². The van der Waals surface area contributed by atoms with E-state index in [1.807, 2.05) is 54.6 Å². The zero-order valence-electron chi connectivity index (χ0n) is 14.4. The molecular weight excluding hydrogens is 330 g/mol. The SMILES string of the molecule is O=C(NCCC=Cc1ccc2c(c1)OCCC2=O)OCc1ccccc1. The summed E-state index contributed by atoms with van der Waals surface area (Å²) in [5, 5.41) is 2.71. The lowest BCUT2D eigenvalue weighted by molar-refractivity contribution is 0.0933. The lowest BCUT2D eigenvalue weighted by atomic mass is 10.0. The number of Topliss-reactive ketones (excluding diaryl/α,β-unsaturated/α-hetero) is 1. The number of benzene rings is 2. The fraction of sp³-hybridized carbons (Fsp3) is 0.238. The van der Waals surface area contributed by atoms with Gasteiger partial charge in [0.05, 0.1) is 12.2 Å². The number of rotatable bonds is 6. The van der Waals surface area contributed by atoms with Crippen molar-refractivity contribution >= 4 is 18.0 Å². The van der Waals surface area contributed by atoms with Gasteiger partial charge in [-0.2, -0.15) is 0 Å². The number of fused-ring (bicyclic) bond motifs is 1. The Bertz CT molecular complexity index is 799. The van der Waals surface area contributed by atoms with Crippen molar-refractivity contribution in [2.24, 2.45) is 0 Å². The number of hydrogen-bond donors (Lipinski definition) is 1. The average molecular weight is 351 g/mol. The van der Waals surface area contributed by atoms with E-state index in [2.05, 4.69) is 5.32 Å². The van der Waals surface area contributed by atoms with Crippen LogP contribution in [0.1, 0.15) is 34.3 Å². The van der Waals surface area contributed by atoms with Gasteiger partial charge in [0, 0.05) is 13.0 Å². The second kappa shape index (κ2) is 8.85. The smallest absolute Gasteiger partial charge is 0.407 e. The Morgan fingerprint density at radius 2 is 2.04 bits per heavy atom. The van der Waals surface area contributed by atoms with Gasteiger partial charge in [0.2, 0.25) is 0 Å². The van der Waals surface area contributed by atoms with Crippen LogP contribution < -0.4 is 10.1 Å². The maximum Gasteiger partial charge on any atom is 0.407 e. The van der Waals surface area contributed by atoms with Gasteiger partial charge in [-0.15, -0.1) is 0 Å². The summed E-state index contributed by atoms with van der Waals surface area (Å²) in [5.41, 5.74) is 2.57. The predicted octanol–water partition coefficient (Wildman–Crippen LogP) is 3.98. The number of ether oxygens (including phenoxy) is 2. The summed E-state index contributed by atoms with van der Waals surface area (Å²) in [6.45, 7) is 1.19. The summed E-state index contributed by atoms with van der Waals surface area (Å²) in [4.78, 5) is 23.4. The van der Waals surface area contributed by atoms with Gasteiger partial charge >= 0.3 is 6.09 Å². The number of carbonyl (C=O) groups excluding carboxylic acids is 2. The Morgan fingerprint density at radius 3 is 2.88 bits per heavy atom. The molecule has 0 saturated heterocycles. The zero-order chi connectivity index (χ0) is 18.2. The molecule has 26 heavy (non-hydrogen) atoms. The van der Waals surface area contributed by atoms with Crippen molar-refractivity contribution < 1.29 is 19.1 Å². The van der Waals surface area contributed by atoms with Gasteiger partial charge in [-0.05, 0) is 29.7 Å². The number of nitrogens with one attached hydrogen (secondary N) is 1. The summed E-state index contributed by atoms with van der Waals surface area (Å²) in [6, 6.07) is 15.1. The number of ketones is 1. The van der Waals surface area contributed by atoms with Gasteiger partial charge in [0.1, 0.15) is 12.4 Å². The molecule has 0 aliphatic carbocycles. The first-order valence-electron chi connectivity index (χ1n) is 8.63. The fourth-order valence-corrected chi connectivity index (χ4v) is 2.63. The van der Waals surface area contributed by atoms with Gasteiger partial charge in [0.15, 0.2) is 5.78 Å². The van der Waals surface area contributed by atoms with Crippen LogP contribution in [0.25, 0.3) is 6.08 Å². The summed E-state index contributed by atoms with van der Waals surface area (Å²) < 4.78 is 10.7. The lowest BCUT2D eigenvalue weighted by Crippen LogP contribution is -2.24. The second-order valence-electron chi connectivity index (χ2n) is 5.96. The molecule has 0 radical (unpaired) electrons. The molecule has 5 nitrogen and oxygen atoms in total. The first-order chi connectivity index (χ1) is 12.7. The standard InChI is InChI=1S/C21H21NO4/c23-19-11-13-25-20-14-16(9-10-18(19)20)6-4-5-12-22-21(24)26-15-17-7-2-1-3-8-17/h1-4,6-10,14H,5,11-13,15H2,(H,22,24). The Labute approximate surface area is 152 Å². The summed E-state index contributed by atoms with van der Waals surface area (Å²) in [5.74, 6) is 0.769. The van der Waals surface area contributed by atoms with Crippen molar-refractivity contribution in [2.75, 3.05) is 13.2 Å². The highest BCUT2D eigenvalue weighted by molar-refractivity contribution is 5.99. The second-order valence-corrected chi connectivity index (χ2v) is 5.96. The maximum atomic E-state index is 11.8. The van der Waals surface area contributed by atoms with Crippen LogP contribution in [0.5, 0.6) is 5.75 Å². The minimum absolute atomic E-state index is 0.125. The molecule has 0 atom stereocenters. The normalized spacial score (nSPS) is 13.2. The molecule has 1 N–H and O–H groups in total. The third kappa shape index (κ3) is 4.96. The van der Waals surface area contributed by atoms with Crippen LogP contribution in [0, 0.1) is 0 Å². The molecular formula is C21H21NO4. The van der Waals surface area contributed by atoms with Crippen LogP contribution in [0.4, 0.5) is 4.79 Å². The first kappa shape index (κ1) is 17.7. The van der Waals surface area contributed by atoms with Gasteiger partial charge in [-0.25, -0.2) is 4.79 Å². The van der Waals surface area contributed by atoms with E-state index in [1.54, 1.807) is 6.07 Å². The van der Waals surface area contributed by atoms with E-state index >= 15 is 0 Å². The summed E-state index contributed by atoms with van der Waals surface area (Å²) in [7, 11) is 0. The van der Waals surface area contributed by atoms with Crippen molar-refractivity contribution in [3.63, 3.8) is 0 Å². The van der Waals surface area contributed by atoms with Crippen molar-refractivity contribution in [1.29, 1.82) is 0 Å². The third-order valence-electron chi connectivity index (χ3n) is 4.00. The van der Waals surface area contributed by atoms with Crippen LogP contribution in [0.3, 0.4) is 0 Å². The van der Waals surface area contributed by atoms with E-state index in [0.717, 1.165) is 11.1 Å². The molecule has 0 unspecified atom stereocenters. The molecule has 3 rings (SSSR count). The molecule has 134 valence electrons. The quantitative estimate of drug-likeness (QED) is 0.800. The predicted molar refractivity (Wildman–Crippen MR) is 99.2 cm³/mol. The Hall–Kier alpha value is -3.08. The molecule has 1 aliphatic rings. The van der Waals surface area contributed by atoms with E-state index in [1.165, 1.54) is 0 Å². The minimum atomic E-state index is -0.428. The Balaban J connectivity index is 1.39. The van der Waals surface area contributed by atoms with Crippen molar-refractivity contribution in [3.8, 4) is 5.75 Å². The monoisotopic (exact) mass is 351 g/mol. The summed E-state index contributed by atoms with van der Waals surface area (Å²) in [6.07, 6.45) is 4.60. The molecule has 0 spiro atoms. The van der Waals surface area contributed by atoms with Crippen molar-refractivity contribution in [3.05, 3.63) is 71.3 Å².